The van der Waals surface area contributed by atoms with Gasteiger partial charge in [-0.25, -0.2) is 4.79 Å². The van der Waals surface area contributed by atoms with Gasteiger partial charge in [0.25, 0.3) is 0 Å². The Kier molecular flexibility index (Phi) is 4.89. The monoisotopic (exact) mass is 349 g/mol. The third-order valence-corrected chi connectivity index (χ3v) is 6.71. The van der Waals surface area contributed by atoms with Crippen molar-refractivity contribution in [2.24, 2.45) is 11.3 Å². The Morgan fingerprint density at radius 2 is 1.60 bits per heavy atom. The first kappa shape index (κ1) is 17.1. The third-order valence-electron chi connectivity index (χ3n) is 6.71. The first-order chi connectivity index (χ1) is 12.2. The van der Waals surface area contributed by atoms with Crippen molar-refractivity contribution >= 4 is 11.9 Å². The minimum atomic E-state index is 0.0680. The van der Waals surface area contributed by atoms with Gasteiger partial charge in [0.05, 0.1) is 0 Å². The van der Waals surface area contributed by atoms with E-state index in [0.717, 1.165) is 64.8 Å². The molecule has 1 N–H and O–H groups in total. The largest absolute Gasteiger partial charge is 0.381 e. The smallest absolute Gasteiger partial charge is 0.317 e. The molecule has 6 heteroatoms. The summed E-state index contributed by atoms with van der Waals surface area (Å²) in [5.41, 5.74) is 0.258. The highest BCUT2D eigenvalue weighted by atomic mass is 16.5. The highest BCUT2D eigenvalue weighted by Gasteiger charge is 2.45. The molecule has 2 saturated heterocycles. The van der Waals surface area contributed by atoms with Gasteiger partial charge >= 0.3 is 6.03 Å². The van der Waals surface area contributed by atoms with Crippen molar-refractivity contribution in [3.63, 3.8) is 0 Å². The van der Waals surface area contributed by atoms with E-state index in [0.29, 0.717) is 19.0 Å². The van der Waals surface area contributed by atoms with Crippen LogP contribution in [0.2, 0.25) is 0 Å². The summed E-state index contributed by atoms with van der Waals surface area (Å²) in [5.74, 6) is 0.575. The Morgan fingerprint density at radius 1 is 0.880 bits per heavy atom. The molecule has 140 valence electrons. The van der Waals surface area contributed by atoms with Gasteiger partial charge in [-0.1, -0.05) is 6.42 Å². The molecular weight excluding hydrogens is 318 g/mol. The summed E-state index contributed by atoms with van der Waals surface area (Å²) in [5, 5.41) is 3.34. The molecule has 2 heterocycles. The fourth-order valence-electron chi connectivity index (χ4n) is 4.91. The van der Waals surface area contributed by atoms with Crippen molar-refractivity contribution < 1.29 is 14.3 Å². The van der Waals surface area contributed by atoms with Crippen molar-refractivity contribution in [1.82, 2.24) is 15.1 Å². The summed E-state index contributed by atoms with van der Waals surface area (Å²) >= 11 is 0. The van der Waals surface area contributed by atoms with Crippen molar-refractivity contribution in [2.45, 2.75) is 57.4 Å². The summed E-state index contributed by atoms with van der Waals surface area (Å²) in [6.45, 7) is 4.55. The normalized spacial score (nSPS) is 29.5. The molecule has 3 amide bonds. The van der Waals surface area contributed by atoms with Gasteiger partial charge < -0.3 is 19.9 Å². The van der Waals surface area contributed by atoms with E-state index in [-0.39, 0.29) is 23.4 Å². The number of nitrogens with zero attached hydrogens (tertiary/aromatic N) is 2. The standard InChI is InChI=1S/C19H31N3O3/c23-17(15-4-5-15)21-9-2-10-22(12-11-21)18(24)20-16-3-1-6-19(16)7-13-25-14-8-19/h15-16H,1-14H2,(H,20,24). The van der Waals surface area contributed by atoms with Crippen molar-refractivity contribution in [3.8, 4) is 0 Å². The lowest BCUT2D eigenvalue weighted by atomic mass is 9.75. The molecule has 6 nitrogen and oxygen atoms in total. The van der Waals surface area contributed by atoms with Gasteiger partial charge in [-0.2, -0.15) is 0 Å². The van der Waals surface area contributed by atoms with E-state index in [1.54, 1.807) is 0 Å². The maximum atomic E-state index is 12.8. The van der Waals surface area contributed by atoms with Crippen molar-refractivity contribution in [3.05, 3.63) is 0 Å². The quantitative estimate of drug-likeness (QED) is 0.829. The Morgan fingerprint density at radius 3 is 2.36 bits per heavy atom. The Labute approximate surface area is 150 Å². The maximum Gasteiger partial charge on any atom is 0.317 e. The van der Waals surface area contributed by atoms with Crippen LogP contribution in [0.25, 0.3) is 0 Å². The molecule has 2 aliphatic carbocycles. The summed E-state index contributed by atoms with van der Waals surface area (Å²) < 4.78 is 5.54. The van der Waals surface area contributed by atoms with Gasteiger partial charge in [0, 0.05) is 51.4 Å². The summed E-state index contributed by atoms with van der Waals surface area (Å²) in [6, 6.07) is 0.356. The summed E-state index contributed by atoms with van der Waals surface area (Å²) in [7, 11) is 0. The van der Waals surface area contributed by atoms with E-state index < -0.39 is 0 Å². The van der Waals surface area contributed by atoms with Crippen LogP contribution in [0.3, 0.4) is 0 Å². The van der Waals surface area contributed by atoms with Crippen LogP contribution in [0.15, 0.2) is 0 Å². The number of rotatable bonds is 2. The molecule has 0 bridgehead atoms. The number of hydrogen-bond donors (Lipinski definition) is 1. The van der Waals surface area contributed by atoms with Crippen LogP contribution in [-0.2, 0) is 9.53 Å². The predicted molar refractivity (Wildman–Crippen MR) is 94.2 cm³/mol. The molecule has 1 atom stereocenters. The van der Waals surface area contributed by atoms with Gasteiger partial charge in [-0.15, -0.1) is 0 Å². The van der Waals surface area contributed by atoms with Crippen molar-refractivity contribution in [1.29, 1.82) is 0 Å². The van der Waals surface area contributed by atoms with Crippen molar-refractivity contribution in [2.75, 3.05) is 39.4 Å². The molecule has 2 saturated carbocycles. The molecular formula is C19H31N3O3. The van der Waals surface area contributed by atoms with Crippen LogP contribution < -0.4 is 5.32 Å². The molecule has 4 fully saturated rings. The van der Waals surface area contributed by atoms with Gasteiger partial charge in [-0.05, 0) is 50.4 Å². The maximum absolute atomic E-state index is 12.8. The van der Waals surface area contributed by atoms with Crippen LogP contribution >= 0.6 is 0 Å². The summed E-state index contributed by atoms with van der Waals surface area (Å²) in [6.07, 6.45) is 8.63. The van der Waals surface area contributed by atoms with Crippen LogP contribution in [0, 0.1) is 11.3 Å². The van der Waals surface area contributed by atoms with Gasteiger partial charge in [0.15, 0.2) is 0 Å². The van der Waals surface area contributed by atoms with Gasteiger partial charge in [0.2, 0.25) is 5.91 Å². The lowest BCUT2D eigenvalue weighted by molar-refractivity contribution is -0.132. The number of carbonyl (C=O) groups is 2. The van der Waals surface area contributed by atoms with Crippen LogP contribution in [0.4, 0.5) is 4.79 Å². The highest BCUT2D eigenvalue weighted by Crippen LogP contribution is 2.46. The minimum absolute atomic E-state index is 0.0680. The molecule has 1 spiro atoms. The average molecular weight is 349 g/mol. The molecule has 0 aromatic heterocycles. The number of urea groups is 1. The van der Waals surface area contributed by atoms with Crippen LogP contribution in [0.1, 0.15) is 51.4 Å². The van der Waals surface area contributed by atoms with E-state index >= 15 is 0 Å². The first-order valence-corrected chi connectivity index (χ1v) is 10.1. The fraction of sp³-hybridized carbons (Fsp3) is 0.895. The second-order valence-corrected chi connectivity index (χ2v) is 8.31. The topological polar surface area (TPSA) is 61.9 Å². The number of nitrogens with one attached hydrogen (secondary N) is 1. The molecule has 0 aromatic carbocycles. The zero-order valence-corrected chi connectivity index (χ0v) is 15.2. The number of amides is 3. The molecule has 0 aromatic rings. The first-order valence-electron chi connectivity index (χ1n) is 10.1. The second kappa shape index (κ2) is 7.14. The molecule has 25 heavy (non-hydrogen) atoms. The van der Waals surface area contributed by atoms with Gasteiger partial charge in [-0.3, -0.25) is 4.79 Å². The van der Waals surface area contributed by atoms with E-state index in [9.17, 15) is 9.59 Å². The third kappa shape index (κ3) is 3.64. The Bertz CT molecular complexity index is 514. The zero-order valence-electron chi connectivity index (χ0n) is 15.2. The van der Waals surface area contributed by atoms with E-state index in [4.69, 9.17) is 4.74 Å². The molecule has 2 aliphatic heterocycles. The Balaban J connectivity index is 1.32. The minimum Gasteiger partial charge on any atom is -0.381 e. The zero-order chi connectivity index (χ0) is 17.3. The van der Waals surface area contributed by atoms with Crippen LogP contribution in [-0.4, -0.2) is 67.2 Å². The van der Waals surface area contributed by atoms with Gasteiger partial charge in [0.1, 0.15) is 0 Å². The fourth-order valence-corrected chi connectivity index (χ4v) is 4.91. The van der Waals surface area contributed by atoms with E-state index in [1.165, 1.54) is 12.8 Å². The predicted octanol–water partition coefficient (Wildman–Crippen LogP) is 1.99. The SMILES string of the molecule is O=C(NC1CCCC12CCOCC2)N1CCCN(C(=O)C2CC2)CC1. The highest BCUT2D eigenvalue weighted by molar-refractivity contribution is 5.81. The second-order valence-electron chi connectivity index (χ2n) is 8.31. The Hall–Kier alpha value is -1.30. The molecule has 0 radical (unpaired) electrons. The van der Waals surface area contributed by atoms with Crippen LogP contribution in [0.5, 0.6) is 0 Å². The lowest BCUT2D eigenvalue weighted by Crippen LogP contribution is -2.52. The molecule has 4 aliphatic rings. The number of hydrogen-bond acceptors (Lipinski definition) is 3. The van der Waals surface area contributed by atoms with E-state index in [1.807, 2.05) is 9.80 Å². The average Bonchev–Trinajstić information content (AvgIpc) is 3.44. The lowest BCUT2D eigenvalue weighted by Gasteiger charge is -2.39. The summed E-state index contributed by atoms with van der Waals surface area (Å²) in [4.78, 5) is 29.0. The van der Waals surface area contributed by atoms with E-state index in [2.05, 4.69) is 5.32 Å². The molecule has 4 rings (SSSR count). The molecule has 1 unspecified atom stereocenters. The number of carbonyl (C=O) groups excluding carboxylic acids is 2. The number of ether oxygens (including phenoxy) is 1.